The van der Waals surface area contributed by atoms with Crippen LogP contribution >= 0.6 is 0 Å². The Morgan fingerprint density at radius 1 is 1.24 bits per heavy atom. The first-order valence-electron chi connectivity index (χ1n) is 9.01. The maximum absolute atomic E-state index is 12.8. The fraction of sp³-hybridized carbons (Fsp3) is 0.364. The smallest absolute Gasteiger partial charge is 0.408 e. The summed E-state index contributed by atoms with van der Waals surface area (Å²) < 4.78 is 23.0. The standard InChI is InChI=1S/C16H22FNO4.C6H8O/c1-11(9-12-5-7-13(17)8-6-12)21-14(19)10-18-15(20)22-16(2,3)4;1-3-5-6(7)4-2/h5-8,11H,9-10H2,1-4H3,(H,18,20);3-5,7H,1-2H2/b;6-5+. The zero-order chi connectivity index (χ0) is 22.4. The first kappa shape index (κ1) is 25.9. The molecule has 7 heteroatoms. The molecule has 0 aliphatic carbocycles. The average molecular weight is 407 g/mol. The van der Waals surface area contributed by atoms with Gasteiger partial charge < -0.3 is 19.9 Å². The molecule has 0 aliphatic heterocycles. The Labute approximate surface area is 171 Å². The van der Waals surface area contributed by atoms with E-state index < -0.39 is 17.7 Å². The number of aliphatic hydroxyl groups is 1. The van der Waals surface area contributed by atoms with Crippen LogP contribution in [-0.4, -0.2) is 35.4 Å². The molecule has 0 aliphatic rings. The summed E-state index contributed by atoms with van der Waals surface area (Å²) in [4.78, 5) is 23.0. The third-order valence-electron chi connectivity index (χ3n) is 3.04. The molecule has 0 radical (unpaired) electrons. The number of allylic oxidation sites excluding steroid dienone is 3. The highest BCUT2D eigenvalue weighted by molar-refractivity contribution is 5.78. The molecule has 0 saturated heterocycles. The Hall–Kier alpha value is -3.09. The third kappa shape index (κ3) is 14.6. The van der Waals surface area contributed by atoms with Crippen molar-refractivity contribution < 1.29 is 28.6 Å². The molecule has 1 aromatic carbocycles. The molecule has 1 rings (SSSR count). The van der Waals surface area contributed by atoms with Crippen LogP contribution < -0.4 is 5.32 Å². The highest BCUT2D eigenvalue weighted by Gasteiger charge is 2.17. The lowest BCUT2D eigenvalue weighted by molar-refractivity contribution is -0.147. The van der Waals surface area contributed by atoms with Crippen LogP contribution in [0.2, 0.25) is 0 Å². The first-order chi connectivity index (χ1) is 13.5. The molecular formula is C22H30FNO5. The minimum atomic E-state index is -0.671. The number of carbonyl (C=O) groups excluding carboxylic acids is 2. The number of benzene rings is 1. The molecule has 1 aromatic rings. The quantitative estimate of drug-likeness (QED) is 0.391. The number of ether oxygens (including phenoxy) is 2. The van der Waals surface area contributed by atoms with E-state index in [1.54, 1.807) is 39.8 Å². The molecule has 0 saturated carbocycles. The van der Waals surface area contributed by atoms with E-state index >= 15 is 0 Å². The summed E-state index contributed by atoms with van der Waals surface area (Å²) >= 11 is 0. The van der Waals surface area contributed by atoms with Crippen LogP contribution in [0, 0.1) is 5.82 Å². The van der Waals surface area contributed by atoms with Crippen LogP contribution in [0.5, 0.6) is 0 Å². The Morgan fingerprint density at radius 2 is 1.83 bits per heavy atom. The molecule has 6 nitrogen and oxygen atoms in total. The molecular weight excluding hydrogens is 377 g/mol. The summed E-state index contributed by atoms with van der Waals surface area (Å²) in [5.41, 5.74) is 0.242. The Bertz CT molecular complexity index is 705. The Kier molecular flexibility index (Phi) is 11.7. The second-order valence-corrected chi connectivity index (χ2v) is 7.02. The minimum absolute atomic E-state index is 0.148. The van der Waals surface area contributed by atoms with Gasteiger partial charge in [-0.05, 0) is 57.5 Å². The zero-order valence-electron chi connectivity index (χ0n) is 17.4. The van der Waals surface area contributed by atoms with Crippen molar-refractivity contribution in [3.8, 4) is 0 Å². The molecule has 1 unspecified atom stereocenters. The van der Waals surface area contributed by atoms with Crippen molar-refractivity contribution in [3.63, 3.8) is 0 Å². The maximum atomic E-state index is 12.8. The van der Waals surface area contributed by atoms with Gasteiger partial charge >= 0.3 is 12.1 Å². The van der Waals surface area contributed by atoms with Gasteiger partial charge in [0.2, 0.25) is 0 Å². The number of halogens is 1. The molecule has 0 spiro atoms. The number of aliphatic hydroxyl groups excluding tert-OH is 1. The molecule has 0 heterocycles. The fourth-order valence-electron chi connectivity index (χ4n) is 1.91. The second-order valence-electron chi connectivity index (χ2n) is 7.02. The fourth-order valence-corrected chi connectivity index (χ4v) is 1.91. The normalized spacial score (nSPS) is 12.0. The van der Waals surface area contributed by atoms with Gasteiger partial charge in [0.25, 0.3) is 0 Å². The van der Waals surface area contributed by atoms with Crippen LogP contribution in [0.15, 0.2) is 61.4 Å². The number of carbonyl (C=O) groups is 2. The zero-order valence-corrected chi connectivity index (χ0v) is 17.4. The van der Waals surface area contributed by atoms with Gasteiger partial charge in [0.15, 0.2) is 0 Å². The van der Waals surface area contributed by atoms with Gasteiger partial charge in [0.05, 0.1) is 0 Å². The Morgan fingerprint density at radius 3 is 2.28 bits per heavy atom. The summed E-state index contributed by atoms with van der Waals surface area (Å²) in [7, 11) is 0. The topological polar surface area (TPSA) is 84.9 Å². The predicted octanol–water partition coefficient (Wildman–Crippen LogP) is 4.62. The molecule has 2 N–H and O–H groups in total. The van der Waals surface area contributed by atoms with Gasteiger partial charge in [0.1, 0.15) is 29.8 Å². The number of amides is 1. The van der Waals surface area contributed by atoms with Gasteiger partial charge in [-0.15, -0.1) is 0 Å². The van der Waals surface area contributed by atoms with Crippen molar-refractivity contribution >= 4 is 12.1 Å². The average Bonchev–Trinajstić information content (AvgIpc) is 2.61. The van der Waals surface area contributed by atoms with Crippen LogP contribution in [0.25, 0.3) is 0 Å². The molecule has 1 amide bonds. The molecule has 0 fully saturated rings. The van der Waals surface area contributed by atoms with Gasteiger partial charge in [-0.3, -0.25) is 4.79 Å². The maximum Gasteiger partial charge on any atom is 0.408 e. The molecule has 29 heavy (non-hydrogen) atoms. The highest BCUT2D eigenvalue weighted by atomic mass is 19.1. The summed E-state index contributed by atoms with van der Waals surface area (Å²) in [6, 6.07) is 5.99. The van der Waals surface area contributed by atoms with Crippen LogP contribution in [-0.2, 0) is 20.7 Å². The van der Waals surface area contributed by atoms with E-state index in [2.05, 4.69) is 18.5 Å². The summed E-state index contributed by atoms with van der Waals surface area (Å²) in [6.07, 6.45) is 3.73. The molecule has 160 valence electrons. The lowest BCUT2D eigenvalue weighted by Crippen LogP contribution is -2.36. The highest BCUT2D eigenvalue weighted by Crippen LogP contribution is 2.08. The SMILES string of the molecule is C=C/C=C(/O)C=C.CC(Cc1ccc(F)cc1)OC(=O)CNC(=O)OC(C)(C)C. The van der Waals surface area contributed by atoms with Crippen molar-refractivity contribution in [2.45, 2.75) is 45.8 Å². The third-order valence-corrected chi connectivity index (χ3v) is 3.04. The lowest BCUT2D eigenvalue weighted by atomic mass is 10.1. The molecule has 0 aromatic heterocycles. The summed E-state index contributed by atoms with van der Waals surface area (Å²) in [6.45, 7) is 13.3. The van der Waals surface area contributed by atoms with E-state index in [0.717, 1.165) is 5.56 Å². The van der Waals surface area contributed by atoms with E-state index in [1.165, 1.54) is 30.4 Å². The molecule has 0 bridgehead atoms. The van der Waals surface area contributed by atoms with Crippen LogP contribution in [0.4, 0.5) is 9.18 Å². The minimum Gasteiger partial charge on any atom is -0.508 e. The monoisotopic (exact) mass is 407 g/mol. The van der Waals surface area contributed by atoms with Gasteiger partial charge in [0, 0.05) is 6.42 Å². The van der Waals surface area contributed by atoms with Crippen LogP contribution in [0.1, 0.15) is 33.3 Å². The van der Waals surface area contributed by atoms with Crippen molar-refractivity contribution in [1.29, 1.82) is 0 Å². The number of hydrogen-bond acceptors (Lipinski definition) is 5. The summed E-state index contributed by atoms with van der Waals surface area (Å²) in [5, 5.41) is 10.9. The number of nitrogens with one attached hydrogen (secondary N) is 1. The van der Waals surface area contributed by atoms with E-state index in [1.807, 2.05) is 0 Å². The number of rotatable bonds is 7. The van der Waals surface area contributed by atoms with Crippen molar-refractivity contribution in [3.05, 3.63) is 72.8 Å². The van der Waals surface area contributed by atoms with Gasteiger partial charge in [-0.2, -0.15) is 0 Å². The first-order valence-corrected chi connectivity index (χ1v) is 9.01. The number of alkyl carbamates (subject to hydrolysis) is 1. The lowest BCUT2D eigenvalue weighted by Gasteiger charge is -2.19. The van der Waals surface area contributed by atoms with Crippen molar-refractivity contribution in [2.75, 3.05) is 6.54 Å². The van der Waals surface area contributed by atoms with Gasteiger partial charge in [-0.1, -0.05) is 31.4 Å². The molecule has 1 atom stereocenters. The number of hydrogen-bond donors (Lipinski definition) is 2. The summed E-state index contributed by atoms with van der Waals surface area (Å²) in [5.74, 6) is -0.717. The Balaban J connectivity index is 0.000000956. The van der Waals surface area contributed by atoms with E-state index in [9.17, 15) is 14.0 Å². The van der Waals surface area contributed by atoms with E-state index in [-0.39, 0.29) is 24.2 Å². The number of esters is 1. The predicted molar refractivity (Wildman–Crippen MR) is 111 cm³/mol. The van der Waals surface area contributed by atoms with Crippen molar-refractivity contribution in [2.24, 2.45) is 0 Å². The van der Waals surface area contributed by atoms with Crippen LogP contribution in [0.3, 0.4) is 0 Å². The second kappa shape index (κ2) is 13.1. The van der Waals surface area contributed by atoms with Crippen molar-refractivity contribution in [1.82, 2.24) is 5.32 Å². The van der Waals surface area contributed by atoms with Gasteiger partial charge in [-0.25, -0.2) is 9.18 Å². The van der Waals surface area contributed by atoms with E-state index in [0.29, 0.717) is 6.42 Å². The van der Waals surface area contributed by atoms with E-state index in [4.69, 9.17) is 14.6 Å². The largest absolute Gasteiger partial charge is 0.508 e.